The number of phenols is 1. The molecule has 0 saturated carbocycles. The van der Waals surface area contributed by atoms with Crippen molar-refractivity contribution in [1.82, 2.24) is 0 Å². The molecule has 4 nitrogen and oxygen atoms in total. The van der Waals surface area contributed by atoms with Crippen LogP contribution in [0.25, 0.3) is 0 Å². The van der Waals surface area contributed by atoms with Crippen LogP contribution in [0.2, 0.25) is 0 Å². The molecule has 128 valence electrons. The van der Waals surface area contributed by atoms with E-state index in [4.69, 9.17) is 10.5 Å². The van der Waals surface area contributed by atoms with Crippen molar-refractivity contribution in [3.63, 3.8) is 0 Å². The molecule has 0 saturated heterocycles. The Balaban J connectivity index is 1.69. The summed E-state index contributed by atoms with van der Waals surface area (Å²) >= 11 is 0. The maximum Gasteiger partial charge on any atom is 0.115 e. The van der Waals surface area contributed by atoms with Crippen LogP contribution in [0.5, 0.6) is 5.75 Å². The zero-order chi connectivity index (χ0) is 17.2. The van der Waals surface area contributed by atoms with Crippen LogP contribution in [0.15, 0.2) is 48.5 Å². The summed E-state index contributed by atoms with van der Waals surface area (Å²) < 4.78 is 5.95. The van der Waals surface area contributed by atoms with E-state index in [0.29, 0.717) is 19.4 Å². The topological polar surface area (TPSA) is 75.7 Å². The molecule has 2 unspecified atom stereocenters. The number of benzene rings is 2. The van der Waals surface area contributed by atoms with Crippen molar-refractivity contribution in [3.8, 4) is 5.75 Å². The molecule has 2 aromatic rings. The van der Waals surface area contributed by atoms with Crippen molar-refractivity contribution in [3.05, 3.63) is 65.2 Å². The van der Waals surface area contributed by atoms with Crippen LogP contribution >= 0.6 is 0 Å². The molecule has 2 aromatic carbocycles. The summed E-state index contributed by atoms with van der Waals surface area (Å²) in [6.45, 7) is 2.66. The highest BCUT2D eigenvalue weighted by Crippen LogP contribution is 2.35. The molecule has 1 heterocycles. The molecule has 0 spiro atoms. The third-order valence-corrected chi connectivity index (χ3v) is 4.68. The zero-order valence-electron chi connectivity index (χ0n) is 14.0. The van der Waals surface area contributed by atoms with Gasteiger partial charge in [-0.15, -0.1) is 0 Å². The van der Waals surface area contributed by atoms with Gasteiger partial charge in [0, 0.05) is 5.54 Å². The monoisotopic (exact) mass is 327 g/mol. The molecule has 0 fully saturated rings. The molecule has 1 aliphatic rings. The van der Waals surface area contributed by atoms with E-state index in [1.54, 1.807) is 24.3 Å². The number of hydrogen-bond acceptors (Lipinski definition) is 4. The molecule has 0 amide bonds. The number of phenolic OH excluding ortho intramolecular Hbond substituents is 1. The van der Waals surface area contributed by atoms with Crippen molar-refractivity contribution in [2.45, 2.75) is 43.9 Å². The van der Waals surface area contributed by atoms with Gasteiger partial charge < -0.3 is 20.7 Å². The summed E-state index contributed by atoms with van der Waals surface area (Å²) in [5, 5.41) is 19.8. The van der Waals surface area contributed by atoms with E-state index >= 15 is 0 Å². The van der Waals surface area contributed by atoms with Crippen molar-refractivity contribution in [2.75, 3.05) is 6.61 Å². The van der Waals surface area contributed by atoms with Gasteiger partial charge in [0.1, 0.15) is 5.75 Å². The van der Waals surface area contributed by atoms with E-state index in [-0.39, 0.29) is 11.9 Å². The first kappa shape index (κ1) is 17.0. The molecule has 0 radical (unpaired) electrons. The van der Waals surface area contributed by atoms with Gasteiger partial charge in [-0.05, 0) is 55.0 Å². The Morgan fingerprint density at radius 2 is 1.92 bits per heavy atom. The van der Waals surface area contributed by atoms with Crippen molar-refractivity contribution < 1.29 is 14.9 Å². The summed E-state index contributed by atoms with van der Waals surface area (Å²) in [5.74, 6) is 0.189. The molecule has 0 bridgehead atoms. The highest BCUT2D eigenvalue weighted by molar-refractivity contribution is 5.31. The van der Waals surface area contributed by atoms with Crippen molar-refractivity contribution in [1.29, 1.82) is 0 Å². The van der Waals surface area contributed by atoms with Crippen LogP contribution in [0.1, 0.15) is 48.7 Å². The highest BCUT2D eigenvalue weighted by Gasteiger charge is 2.31. The number of aliphatic hydroxyl groups excluding tert-OH is 1. The van der Waals surface area contributed by atoms with E-state index in [0.717, 1.165) is 12.0 Å². The van der Waals surface area contributed by atoms with Crippen LogP contribution in [-0.2, 0) is 11.2 Å². The van der Waals surface area contributed by atoms with Gasteiger partial charge in [0.25, 0.3) is 0 Å². The molecule has 1 aliphatic heterocycles. The average molecular weight is 327 g/mol. The minimum Gasteiger partial charge on any atom is -0.508 e. The fourth-order valence-electron chi connectivity index (χ4n) is 3.41. The highest BCUT2D eigenvalue weighted by atomic mass is 16.5. The summed E-state index contributed by atoms with van der Waals surface area (Å²) in [6, 6.07) is 14.9. The Morgan fingerprint density at radius 3 is 2.67 bits per heavy atom. The molecule has 3 rings (SSSR count). The lowest BCUT2D eigenvalue weighted by molar-refractivity contribution is 0.0149. The lowest BCUT2D eigenvalue weighted by Gasteiger charge is -2.34. The van der Waals surface area contributed by atoms with Crippen molar-refractivity contribution >= 4 is 0 Å². The number of hydrogen-bond donors (Lipinski definition) is 3. The van der Waals surface area contributed by atoms with E-state index in [1.165, 1.54) is 11.1 Å². The largest absolute Gasteiger partial charge is 0.508 e. The first-order chi connectivity index (χ1) is 11.4. The molecular weight excluding hydrogens is 302 g/mol. The smallest absolute Gasteiger partial charge is 0.115 e. The second-order valence-electron chi connectivity index (χ2n) is 6.98. The Hall–Kier alpha value is -1.88. The first-order valence-corrected chi connectivity index (χ1v) is 8.40. The quantitative estimate of drug-likeness (QED) is 0.788. The first-order valence-electron chi connectivity index (χ1n) is 8.40. The number of ether oxygens (including phenoxy) is 1. The molecule has 0 aliphatic carbocycles. The predicted molar refractivity (Wildman–Crippen MR) is 93.7 cm³/mol. The molecule has 24 heavy (non-hydrogen) atoms. The Labute approximate surface area is 142 Å². The SMILES string of the molecule is CC(N)(CC1OCCc2ccccc21)C[C@H](O)c1ccc(O)cc1. The van der Waals surface area contributed by atoms with Gasteiger partial charge in [-0.25, -0.2) is 0 Å². The molecule has 3 atom stereocenters. The minimum atomic E-state index is -0.667. The number of aromatic hydroxyl groups is 1. The van der Waals surface area contributed by atoms with Gasteiger partial charge in [-0.1, -0.05) is 36.4 Å². The van der Waals surface area contributed by atoms with Gasteiger partial charge in [0.15, 0.2) is 0 Å². The number of aliphatic hydroxyl groups is 1. The normalized spacial score (nSPS) is 20.9. The van der Waals surface area contributed by atoms with E-state index < -0.39 is 11.6 Å². The summed E-state index contributed by atoms with van der Waals surface area (Å²) in [7, 11) is 0. The Bertz CT molecular complexity index is 682. The Kier molecular flexibility index (Phi) is 4.90. The van der Waals surface area contributed by atoms with Gasteiger partial charge in [-0.2, -0.15) is 0 Å². The minimum absolute atomic E-state index is 0.0306. The van der Waals surface area contributed by atoms with Crippen LogP contribution in [0, 0.1) is 0 Å². The fraction of sp³-hybridized carbons (Fsp3) is 0.400. The molecular formula is C20H25NO3. The lowest BCUT2D eigenvalue weighted by Crippen LogP contribution is -2.40. The lowest BCUT2D eigenvalue weighted by atomic mass is 9.83. The maximum absolute atomic E-state index is 10.5. The maximum atomic E-state index is 10.5. The van der Waals surface area contributed by atoms with Gasteiger partial charge in [-0.3, -0.25) is 0 Å². The fourth-order valence-corrected chi connectivity index (χ4v) is 3.41. The number of rotatable bonds is 5. The second kappa shape index (κ2) is 6.93. The summed E-state index contributed by atoms with van der Waals surface area (Å²) in [5.41, 5.74) is 9.21. The molecule has 4 heteroatoms. The third kappa shape index (κ3) is 3.96. The predicted octanol–water partition coefficient (Wildman–Crippen LogP) is 3.24. The van der Waals surface area contributed by atoms with E-state index in [9.17, 15) is 10.2 Å². The van der Waals surface area contributed by atoms with Crippen molar-refractivity contribution in [2.24, 2.45) is 5.73 Å². The molecule has 4 N–H and O–H groups in total. The number of fused-ring (bicyclic) bond motifs is 1. The van der Waals surface area contributed by atoms with Crippen LogP contribution in [0.3, 0.4) is 0 Å². The zero-order valence-corrected chi connectivity index (χ0v) is 14.0. The van der Waals surface area contributed by atoms with Crippen LogP contribution in [0.4, 0.5) is 0 Å². The standard InChI is InChI=1S/C20H25NO3/c1-20(21,12-18(23)15-6-8-16(22)9-7-15)13-19-17-5-3-2-4-14(17)10-11-24-19/h2-9,18-19,22-23H,10-13,21H2,1H3/t18-,19?,20?/m0/s1. The Morgan fingerprint density at radius 1 is 1.21 bits per heavy atom. The third-order valence-electron chi connectivity index (χ3n) is 4.68. The van der Waals surface area contributed by atoms with Crippen LogP contribution < -0.4 is 5.73 Å². The molecule has 0 aromatic heterocycles. The second-order valence-corrected chi connectivity index (χ2v) is 6.98. The van der Waals surface area contributed by atoms with E-state index in [1.807, 2.05) is 13.0 Å². The summed E-state index contributed by atoms with van der Waals surface area (Å²) in [6.07, 6.45) is 1.32. The van der Waals surface area contributed by atoms with Gasteiger partial charge in [0.05, 0.1) is 18.8 Å². The number of nitrogens with two attached hydrogens (primary N) is 1. The van der Waals surface area contributed by atoms with Crippen LogP contribution in [-0.4, -0.2) is 22.4 Å². The van der Waals surface area contributed by atoms with Gasteiger partial charge >= 0.3 is 0 Å². The average Bonchev–Trinajstić information content (AvgIpc) is 2.55. The summed E-state index contributed by atoms with van der Waals surface area (Å²) in [4.78, 5) is 0. The van der Waals surface area contributed by atoms with E-state index in [2.05, 4.69) is 18.2 Å². The van der Waals surface area contributed by atoms with Gasteiger partial charge in [0.2, 0.25) is 0 Å².